The van der Waals surface area contributed by atoms with Crippen molar-refractivity contribution in [2.75, 3.05) is 38.2 Å². The van der Waals surface area contributed by atoms with Gasteiger partial charge in [-0.15, -0.1) is 0 Å². The SMILES string of the molecule is CC(C)(C)C(=O)Nc1cccc(C(=O)NCC(c2ccccc2)N2CCOCC2)c1. The molecule has 2 aromatic rings. The van der Waals surface area contributed by atoms with Crippen molar-refractivity contribution in [3.05, 3.63) is 65.7 Å². The molecule has 1 saturated heterocycles. The Hall–Kier alpha value is -2.70. The van der Waals surface area contributed by atoms with E-state index in [2.05, 4.69) is 27.7 Å². The molecule has 0 radical (unpaired) electrons. The quantitative estimate of drug-likeness (QED) is 0.766. The molecule has 6 nitrogen and oxygen atoms in total. The van der Waals surface area contributed by atoms with E-state index in [1.165, 1.54) is 5.56 Å². The average Bonchev–Trinajstić information content (AvgIpc) is 2.75. The van der Waals surface area contributed by atoms with Crippen LogP contribution in [0, 0.1) is 5.41 Å². The number of benzene rings is 2. The number of amides is 2. The van der Waals surface area contributed by atoms with Crippen LogP contribution >= 0.6 is 0 Å². The molecule has 3 rings (SSSR count). The van der Waals surface area contributed by atoms with Crippen LogP contribution in [0.3, 0.4) is 0 Å². The van der Waals surface area contributed by atoms with Crippen molar-refractivity contribution in [2.24, 2.45) is 5.41 Å². The second-order valence-electron chi connectivity index (χ2n) is 8.57. The molecule has 160 valence electrons. The van der Waals surface area contributed by atoms with E-state index in [-0.39, 0.29) is 17.9 Å². The fourth-order valence-corrected chi connectivity index (χ4v) is 3.37. The molecule has 1 aliphatic rings. The molecule has 2 amide bonds. The number of carbonyl (C=O) groups excluding carboxylic acids is 2. The second kappa shape index (κ2) is 9.87. The average molecular weight is 410 g/mol. The van der Waals surface area contributed by atoms with Crippen molar-refractivity contribution in [1.29, 1.82) is 0 Å². The lowest BCUT2D eigenvalue weighted by Crippen LogP contribution is -2.43. The molecule has 0 bridgehead atoms. The fourth-order valence-electron chi connectivity index (χ4n) is 3.37. The van der Waals surface area contributed by atoms with Crippen molar-refractivity contribution < 1.29 is 14.3 Å². The van der Waals surface area contributed by atoms with Crippen LogP contribution in [0.15, 0.2) is 54.6 Å². The first-order valence-corrected chi connectivity index (χ1v) is 10.4. The van der Waals surface area contributed by atoms with Crippen molar-refractivity contribution in [1.82, 2.24) is 10.2 Å². The molecular weight excluding hydrogens is 378 g/mol. The van der Waals surface area contributed by atoms with E-state index in [0.29, 0.717) is 31.0 Å². The van der Waals surface area contributed by atoms with E-state index in [9.17, 15) is 9.59 Å². The standard InChI is InChI=1S/C24H31N3O3/c1-24(2,3)23(29)26-20-11-7-10-19(16-20)22(28)25-17-21(18-8-5-4-6-9-18)27-12-14-30-15-13-27/h4-11,16,21H,12-15,17H2,1-3H3,(H,25,28)(H,26,29). The van der Waals surface area contributed by atoms with Crippen molar-refractivity contribution in [3.63, 3.8) is 0 Å². The third kappa shape index (κ3) is 5.90. The summed E-state index contributed by atoms with van der Waals surface area (Å²) in [5.74, 6) is -0.243. The Morgan fingerprint density at radius 2 is 1.73 bits per heavy atom. The lowest BCUT2D eigenvalue weighted by atomic mass is 9.95. The number of nitrogens with zero attached hydrogens (tertiary/aromatic N) is 1. The van der Waals surface area contributed by atoms with Gasteiger partial charge in [-0.1, -0.05) is 57.2 Å². The molecule has 0 aliphatic carbocycles. The molecule has 0 aromatic heterocycles. The highest BCUT2D eigenvalue weighted by molar-refractivity contribution is 5.98. The van der Waals surface area contributed by atoms with Crippen molar-refractivity contribution in [2.45, 2.75) is 26.8 Å². The number of hydrogen-bond acceptors (Lipinski definition) is 4. The predicted molar refractivity (Wildman–Crippen MR) is 118 cm³/mol. The minimum absolute atomic E-state index is 0.0859. The summed E-state index contributed by atoms with van der Waals surface area (Å²) >= 11 is 0. The molecule has 1 heterocycles. The van der Waals surface area contributed by atoms with Crippen LogP contribution in [-0.2, 0) is 9.53 Å². The van der Waals surface area contributed by atoms with Gasteiger partial charge in [0.15, 0.2) is 0 Å². The van der Waals surface area contributed by atoms with Gasteiger partial charge >= 0.3 is 0 Å². The van der Waals surface area contributed by atoms with Crippen LogP contribution in [-0.4, -0.2) is 49.6 Å². The number of carbonyl (C=O) groups is 2. The van der Waals surface area contributed by atoms with Crippen LogP contribution < -0.4 is 10.6 Å². The van der Waals surface area contributed by atoms with Gasteiger partial charge in [0, 0.05) is 36.3 Å². The molecule has 1 fully saturated rings. The van der Waals surface area contributed by atoms with Gasteiger partial charge in [-0.2, -0.15) is 0 Å². The third-order valence-electron chi connectivity index (χ3n) is 5.19. The summed E-state index contributed by atoms with van der Waals surface area (Å²) < 4.78 is 5.49. The topological polar surface area (TPSA) is 70.7 Å². The predicted octanol–water partition coefficient (Wildman–Crippen LogP) is 3.47. The molecule has 1 atom stereocenters. The van der Waals surface area contributed by atoms with Crippen LogP contribution in [0.2, 0.25) is 0 Å². The molecular formula is C24H31N3O3. The zero-order chi connectivity index (χ0) is 21.6. The third-order valence-corrected chi connectivity index (χ3v) is 5.19. The fraction of sp³-hybridized carbons (Fsp3) is 0.417. The van der Waals surface area contributed by atoms with E-state index in [1.54, 1.807) is 24.3 Å². The largest absolute Gasteiger partial charge is 0.379 e. The Morgan fingerprint density at radius 3 is 2.40 bits per heavy atom. The highest BCUT2D eigenvalue weighted by Crippen LogP contribution is 2.22. The first-order chi connectivity index (χ1) is 14.3. The minimum Gasteiger partial charge on any atom is -0.379 e. The second-order valence-corrected chi connectivity index (χ2v) is 8.57. The summed E-state index contributed by atoms with van der Waals surface area (Å²) in [6.07, 6.45) is 0. The van der Waals surface area contributed by atoms with Crippen LogP contribution in [0.1, 0.15) is 42.7 Å². The van der Waals surface area contributed by atoms with Crippen LogP contribution in [0.25, 0.3) is 0 Å². The van der Waals surface area contributed by atoms with E-state index in [0.717, 1.165) is 13.1 Å². The number of morpholine rings is 1. The maximum atomic E-state index is 12.8. The Morgan fingerprint density at radius 1 is 1.03 bits per heavy atom. The molecule has 0 spiro atoms. The first kappa shape index (κ1) is 22.0. The molecule has 2 N–H and O–H groups in total. The summed E-state index contributed by atoms with van der Waals surface area (Å²) in [4.78, 5) is 27.4. The molecule has 2 aromatic carbocycles. The van der Waals surface area contributed by atoms with E-state index >= 15 is 0 Å². The van der Waals surface area contributed by atoms with E-state index < -0.39 is 5.41 Å². The lowest BCUT2D eigenvalue weighted by Gasteiger charge is -2.35. The zero-order valence-corrected chi connectivity index (χ0v) is 18.0. The molecule has 1 aliphatic heterocycles. The first-order valence-electron chi connectivity index (χ1n) is 10.4. The lowest BCUT2D eigenvalue weighted by molar-refractivity contribution is -0.123. The summed E-state index contributed by atoms with van der Waals surface area (Å²) in [5.41, 5.74) is 1.82. The highest BCUT2D eigenvalue weighted by atomic mass is 16.5. The molecule has 30 heavy (non-hydrogen) atoms. The van der Waals surface area contributed by atoms with E-state index in [4.69, 9.17) is 4.74 Å². The van der Waals surface area contributed by atoms with Gasteiger partial charge in [0.05, 0.1) is 19.3 Å². The zero-order valence-electron chi connectivity index (χ0n) is 18.0. The van der Waals surface area contributed by atoms with Gasteiger partial charge in [0.2, 0.25) is 5.91 Å². The Balaban J connectivity index is 1.68. The maximum Gasteiger partial charge on any atom is 0.251 e. The molecule has 1 unspecified atom stereocenters. The summed E-state index contributed by atoms with van der Waals surface area (Å²) in [5, 5.41) is 5.95. The molecule has 6 heteroatoms. The van der Waals surface area contributed by atoms with Crippen molar-refractivity contribution in [3.8, 4) is 0 Å². The maximum absolute atomic E-state index is 12.8. The minimum atomic E-state index is -0.501. The number of ether oxygens (including phenoxy) is 1. The number of rotatable bonds is 6. The van der Waals surface area contributed by atoms with Gasteiger partial charge in [0.25, 0.3) is 5.91 Å². The van der Waals surface area contributed by atoms with Crippen LogP contribution in [0.5, 0.6) is 0 Å². The van der Waals surface area contributed by atoms with Gasteiger partial charge in [0.1, 0.15) is 0 Å². The van der Waals surface area contributed by atoms with Gasteiger partial charge < -0.3 is 15.4 Å². The number of nitrogens with one attached hydrogen (secondary N) is 2. The van der Waals surface area contributed by atoms with Crippen molar-refractivity contribution >= 4 is 17.5 Å². The van der Waals surface area contributed by atoms with Gasteiger partial charge in [-0.3, -0.25) is 14.5 Å². The number of hydrogen-bond donors (Lipinski definition) is 2. The van der Waals surface area contributed by atoms with E-state index in [1.807, 2.05) is 39.0 Å². The Labute approximate surface area is 178 Å². The Bertz CT molecular complexity index is 855. The smallest absolute Gasteiger partial charge is 0.251 e. The summed E-state index contributed by atoms with van der Waals surface area (Å²) in [6, 6.07) is 17.4. The normalized spacial score (nSPS) is 16.0. The monoisotopic (exact) mass is 409 g/mol. The Kier molecular flexibility index (Phi) is 7.24. The van der Waals surface area contributed by atoms with Gasteiger partial charge in [-0.05, 0) is 23.8 Å². The summed E-state index contributed by atoms with van der Waals surface area (Å²) in [7, 11) is 0. The van der Waals surface area contributed by atoms with Crippen LogP contribution in [0.4, 0.5) is 5.69 Å². The highest BCUT2D eigenvalue weighted by Gasteiger charge is 2.24. The summed E-state index contributed by atoms with van der Waals surface area (Å²) in [6.45, 7) is 9.14. The van der Waals surface area contributed by atoms with Gasteiger partial charge in [-0.25, -0.2) is 0 Å². The number of anilines is 1. The molecule has 0 saturated carbocycles.